The normalized spacial score (nSPS) is 16.8. The molecule has 4 aromatic rings. The number of hydrogen-bond donors (Lipinski definition) is 1. The molecule has 1 aliphatic rings. The first-order valence-corrected chi connectivity index (χ1v) is 10.1. The van der Waals surface area contributed by atoms with Gasteiger partial charge in [-0.1, -0.05) is 11.6 Å². The van der Waals surface area contributed by atoms with Gasteiger partial charge in [-0.3, -0.25) is 4.79 Å². The molecule has 140 valence electrons. The fraction of sp³-hybridized carbons (Fsp3) is 0.158. The standard InChI is InChI=1S/C19H15ClN6OS/c20-13-1-3-14(4-2-13)25-9-7-15(19(25)27)21-16-5-6-17-22-23-18(26(17)24-16)12-8-10-28-11-12/h1-6,8,10-11,15H,7,9H2,(H,21,24). The van der Waals surface area contributed by atoms with Gasteiger partial charge in [0.1, 0.15) is 11.9 Å². The number of aromatic nitrogens is 4. The third-order valence-corrected chi connectivity index (χ3v) is 5.64. The maximum absolute atomic E-state index is 12.8. The number of carbonyl (C=O) groups is 1. The van der Waals surface area contributed by atoms with E-state index in [1.165, 1.54) is 0 Å². The first-order valence-electron chi connectivity index (χ1n) is 8.77. The van der Waals surface area contributed by atoms with E-state index in [-0.39, 0.29) is 11.9 Å². The second kappa shape index (κ2) is 6.88. The molecule has 0 radical (unpaired) electrons. The van der Waals surface area contributed by atoms with Gasteiger partial charge >= 0.3 is 0 Å². The van der Waals surface area contributed by atoms with E-state index in [9.17, 15) is 4.79 Å². The van der Waals surface area contributed by atoms with Gasteiger partial charge in [-0.15, -0.1) is 15.3 Å². The van der Waals surface area contributed by atoms with Gasteiger partial charge in [-0.25, -0.2) is 0 Å². The second-order valence-corrected chi connectivity index (χ2v) is 7.69. The summed E-state index contributed by atoms with van der Waals surface area (Å²) < 4.78 is 1.70. The molecule has 1 aromatic carbocycles. The molecule has 9 heteroatoms. The number of thiophene rings is 1. The highest BCUT2D eigenvalue weighted by Gasteiger charge is 2.32. The van der Waals surface area contributed by atoms with Crippen molar-refractivity contribution in [1.29, 1.82) is 0 Å². The highest BCUT2D eigenvalue weighted by Crippen LogP contribution is 2.25. The lowest BCUT2D eigenvalue weighted by Gasteiger charge is -2.17. The number of anilines is 2. The van der Waals surface area contributed by atoms with Crippen LogP contribution in [-0.4, -0.2) is 38.3 Å². The lowest BCUT2D eigenvalue weighted by atomic mass is 10.2. The van der Waals surface area contributed by atoms with Crippen molar-refractivity contribution in [3.05, 3.63) is 58.2 Å². The summed E-state index contributed by atoms with van der Waals surface area (Å²) in [4.78, 5) is 14.6. The minimum atomic E-state index is -0.332. The van der Waals surface area contributed by atoms with Crippen molar-refractivity contribution in [2.75, 3.05) is 16.8 Å². The van der Waals surface area contributed by atoms with E-state index in [4.69, 9.17) is 11.6 Å². The molecule has 4 heterocycles. The highest BCUT2D eigenvalue weighted by molar-refractivity contribution is 7.08. The quantitative estimate of drug-likeness (QED) is 0.555. The summed E-state index contributed by atoms with van der Waals surface area (Å²) in [6, 6.07) is 12.6. The van der Waals surface area contributed by atoms with Gasteiger partial charge in [-0.05, 0) is 54.3 Å². The van der Waals surface area contributed by atoms with Crippen LogP contribution in [-0.2, 0) is 4.79 Å². The van der Waals surface area contributed by atoms with Gasteiger partial charge < -0.3 is 10.2 Å². The summed E-state index contributed by atoms with van der Waals surface area (Å²) >= 11 is 7.54. The van der Waals surface area contributed by atoms with Crippen molar-refractivity contribution >= 4 is 46.0 Å². The largest absolute Gasteiger partial charge is 0.357 e. The van der Waals surface area contributed by atoms with E-state index in [2.05, 4.69) is 20.6 Å². The third-order valence-electron chi connectivity index (χ3n) is 4.71. The Hall–Kier alpha value is -2.97. The number of benzene rings is 1. The van der Waals surface area contributed by atoms with E-state index >= 15 is 0 Å². The molecule has 0 bridgehead atoms. The Kier molecular flexibility index (Phi) is 4.22. The van der Waals surface area contributed by atoms with Crippen molar-refractivity contribution < 1.29 is 4.79 Å². The van der Waals surface area contributed by atoms with E-state index in [0.29, 0.717) is 35.3 Å². The smallest absolute Gasteiger partial charge is 0.249 e. The molecule has 1 unspecified atom stereocenters. The van der Waals surface area contributed by atoms with Crippen LogP contribution in [0.4, 0.5) is 11.5 Å². The Morgan fingerprint density at radius 2 is 1.96 bits per heavy atom. The van der Waals surface area contributed by atoms with Gasteiger partial charge in [0.15, 0.2) is 11.5 Å². The molecule has 1 N–H and O–H groups in total. The zero-order chi connectivity index (χ0) is 19.1. The number of halogens is 1. The van der Waals surface area contributed by atoms with Crippen LogP contribution in [0.25, 0.3) is 17.0 Å². The molecule has 1 atom stereocenters. The Labute approximate surface area is 169 Å². The summed E-state index contributed by atoms with van der Waals surface area (Å²) in [5, 5.41) is 20.9. The molecule has 1 amide bonds. The van der Waals surface area contributed by atoms with Crippen molar-refractivity contribution in [2.45, 2.75) is 12.5 Å². The van der Waals surface area contributed by atoms with E-state index in [0.717, 1.165) is 11.3 Å². The fourth-order valence-corrected chi connectivity index (χ4v) is 4.07. The van der Waals surface area contributed by atoms with Gasteiger partial charge in [0.05, 0.1) is 0 Å². The first kappa shape index (κ1) is 17.2. The number of fused-ring (bicyclic) bond motifs is 1. The number of rotatable bonds is 4. The maximum Gasteiger partial charge on any atom is 0.249 e. The fourth-order valence-electron chi connectivity index (χ4n) is 3.31. The van der Waals surface area contributed by atoms with Crippen LogP contribution in [0, 0.1) is 0 Å². The average Bonchev–Trinajstić information content (AvgIpc) is 3.43. The molecular weight excluding hydrogens is 396 g/mol. The molecule has 3 aromatic heterocycles. The Morgan fingerprint density at radius 1 is 1.11 bits per heavy atom. The van der Waals surface area contributed by atoms with Gasteiger partial charge in [0.2, 0.25) is 5.91 Å². The molecule has 7 nitrogen and oxygen atoms in total. The SMILES string of the molecule is O=C1C(Nc2ccc3nnc(-c4ccsc4)n3n2)CCN1c1ccc(Cl)cc1. The maximum atomic E-state index is 12.8. The number of carbonyl (C=O) groups excluding carboxylic acids is 1. The summed E-state index contributed by atoms with van der Waals surface area (Å²) in [6.07, 6.45) is 0.695. The molecule has 0 aliphatic carbocycles. The molecule has 1 aliphatic heterocycles. The Morgan fingerprint density at radius 3 is 2.75 bits per heavy atom. The topological polar surface area (TPSA) is 75.4 Å². The predicted octanol–water partition coefficient (Wildman–Crippen LogP) is 3.72. The third kappa shape index (κ3) is 3.00. The second-order valence-electron chi connectivity index (χ2n) is 6.48. The van der Waals surface area contributed by atoms with Crippen LogP contribution in [0.3, 0.4) is 0 Å². The molecule has 0 spiro atoms. The monoisotopic (exact) mass is 410 g/mol. The zero-order valence-electron chi connectivity index (χ0n) is 14.6. The predicted molar refractivity (Wildman–Crippen MR) is 110 cm³/mol. The van der Waals surface area contributed by atoms with Gasteiger partial charge in [0, 0.05) is 28.2 Å². The molecule has 28 heavy (non-hydrogen) atoms. The molecule has 0 saturated carbocycles. The van der Waals surface area contributed by atoms with E-state index < -0.39 is 0 Å². The molecular formula is C19H15ClN6OS. The van der Waals surface area contributed by atoms with Crippen molar-refractivity contribution in [2.24, 2.45) is 0 Å². The molecule has 1 fully saturated rings. The summed E-state index contributed by atoms with van der Waals surface area (Å²) in [5.41, 5.74) is 2.47. The van der Waals surface area contributed by atoms with Crippen LogP contribution in [0.5, 0.6) is 0 Å². The number of nitrogens with one attached hydrogen (secondary N) is 1. The first-order chi connectivity index (χ1) is 13.7. The lowest BCUT2D eigenvalue weighted by Crippen LogP contribution is -2.33. The van der Waals surface area contributed by atoms with Crippen LogP contribution >= 0.6 is 22.9 Å². The van der Waals surface area contributed by atoms with Crippen LogP contribution in [0.1, 0.15) is 6.42 Å². The van der Waals surface area contributed by atoms with Crippen LogP contribution < -0.4 is 10.2 Å². The number of nitrogens with zero attached hydrogens (tertiary/aromatic N) is 5. The van der Waals surface area contributed by atoms with Crippen LogP contribution in [0.2, 0.25) is 5.02 Å². The van der Waals surface area contributed by atoms with Crippen molar-refractivity contribution in [1.82, 2.24) is 19.8 Å². The molecule has 5 rings (SSSR count). The summed E-state index contributed by atoms with van der Waals surface area (Å²) in [6.45, 7) is 0.646. The van der Waals surface area contributed by atoms with E-state index in [1.54, 1.807) is 32.9 Å². The minimum Gasteiger partial charge on any atom is -0.357 e. The van der Waals surface area contributed by atoms with Crippen molar-refractivity contribution in [3.8, 4) is 11.4 Å². The highest BCUT2D eigenvalue weighted by atomic mass is 35.5. The van der Waals surface area contributed by atoms with Crippen molar-refractivity contribution in [3.63, 3.8) is 0 Å². The Balaban J connectivity index is 1.39. The lowest BCUT2D eigenvalue weighted by molar-refractivity contribution is -0.117. The average molecular weight is 411 g/mol. The van der Waals surface area contributed by atoms with Gasteiger partial charge in [-0.2, -0.15) is 15.9 Å². The zero-order valence-corrected chi connectivity index (χ0v) is 16.2. The minimum absolute atomic E-state index is 0.0195. The molecule has 1 saturated heterocycles. The number of hydrogen-bond acceptors (Lipinski definition) is 6. The van der Waals surface area contributed by atoms with Gasteiger partial charge in [0.25, 0.3) is 0 Å². The number of amides is 1. The van der Waals surface area contributed by atoms with E-state index in [1.807, 2.05) is 41.1 Å². The summed E-state index contributed by atoms with van der Waals surface area (Å²) in [5.74, 6) is 1.31. The summed E-state index contributed by atoms with van der Waals surface area (Å²) in [7, 11) is 0. The van der Waals surface area contributed by atoms with Crippen LogP contribution in [0.15, 0.2) is 53.2 Å². The Bertz CT molecular complexity index is 1140.